The summed E-state index contributed by atoms with van der Waals surface area (Å²) >= 11 is 0. The molecule has 5 nitrogen and oxygen atoms in total. The molecule has 0 spiro atoms. The van der Waals surface area contributed by atoms with Crippen LogP contribution < -0.4 is 5.32 Å². The Morgan fingerprint density at radius 1 is 1.53 bits per heavy atom. The van der Waals surface area contributed by atoms with E-state index in [0.717, 1.165) is 0 Å². The molecule has 15 heavy (non-hydrogen) atoms. The van der Waals surface area contributed by atoms with E-state index >= 15 is 0 Å². The lowest BCUT2D eigenvalue weighted by molar-refractivity contribution is -0.138. The minimum Gasteiger partial charge on any atom is -0.481 e. The van der Waals surface area contributed by atoms with Crippen molar-refractivity contribution >= 4 is 11.9 Å². The lowest BCUT2D eigenvalue weighted by Gasteiger charge is -2.10. The zero-order valence-corrected chi connectivity index (χ0v) is 8.40. The first-order valence-corrected chi connectivity index (χ1v) is 4.64. The van der Waals surface area contributed by atoms with Gasteiger partial charge in [0.1, 0.15) is 5.76 Å². The molecule has 0 aliphatic rings. The summed E-state index contributed by atoms with van der Waals surface area (Å²) in [6.45, 7) is 1.78. The lowest BCUT2D eigenvalue weighted by atomic mass is 10.2. The van der Waals surface area contributed by atoms with Crippen molar-refractivity contribution in [3.05, 3.63) is 24.2 Å². The Morgan fingerprint density at radius 3 is 2.80 bits per heavy atom. The summed E-state index contributed by atoms with van der Waals surface area (Å²) in [6.07, 6.45) is 1.35. The number of carboxylic acid groups (broad SMARTS) is 1. The van der Waals surface area contributed by atoms with Crippen molar-refractivity contribution in [3.63, 3.8) is 0 Å². The summed E-state index contributed by atoms with van der Waals surface area (Å²) in [5, 5.41) is 11.0. The predicted octanol–water partition coefficient (Wildman–Crippen LogP) is 1.32. The number of amides is 1. The number of nitrogens with one attached hydrogen (secondary N) is 1. The van der Waals surface area contributed by atoms with Crippen LogP contribution in [-0.4, -0.2) is 17.0 Å². The maximum atomic E-state index is 11.2. The second-order valence-electron chi connectivity index (χ2n) is 3.20. The third-order valence-electron chi connectivity index (χ3n) is 1.91. The number of hydrogen-bond acceptors (Lipinski definition) is 3. The summed E-state index contributed by atoms with van der Waals surface area (Å²) in [5.74, 6) is -0.615. The molecule has 1 aromatic heterocycles. The van der Waals surface area contributed by atoms with E-state index in [1.165, 1.54) is 6.26 Å². The molecule has 82 valence electrons. The van der Waals surface area contributed by atoms with Gasteiger partial charge in [-0.05, 0) is 19.1 Å². The monoisotopic (exact) mass is 211 g/mol. The largest absolute Gasteiger partial charge is 0.481 e. The highest BCUT2D eigenvalue weighted by atomic mass is 16.4. The quantitative estimate of drug-likeness (QED) is 0.769. The number of carbonyl (C=O) groups excluding carboxylic acids is 1. The molecule has 0 aliphatic heterocycles. The first kappa shape index (κ1) is 11.3. The van der Waals surface area contributed by atoms with E-state index in [0.29, 0.717) is 5.76 Å². The smallest absolute Gasteiger partial charge is 0.303 e. The molecule has 5 heteroatoms. The molecule has 0 aliphatic carbocycles. The van der Waals surface area contributed by atoms with Gasteiger partial charge in [0.2, 0.25) is 5.91 Å². The van der Waals surface area contributed by atoms with Crippen LogP contribution in [-0.2, 0) is 9.59 Å². The Labute approximate surface area is 87.1 Å². The van der Waals surface area contributed by atoms with Crippen LogP contribution in [0.5, 0.6) is 0 Å². The van der Waals surface area contributed by atoms with Crippen molar-refractivity contribution in [1.29, 1.82) is 0 Å². The van der Waals surface area contributed by atoms with Crippen LogP contribution in [0, 0.1) is 0 Å². The fourth-order valence-electron chi connectivity index (χ4n) is 1.14. The molecule has 1 rings (SSSR count). The molecule has 0 fully saturated rings. The van der Waals surface area contributed by atoms with Crippen molar-refractivity contribution in [3.8, 4) is 0 Å². The lowest BCUT2D eigenvalue weighted by Crippen LogP contribution is -2.26. The molecular weight excluding hydrogens is 198 g/mol. The highest BCUT2D eigenvalue weighted by Gasteiger charge is 2.12. The average Bonchev–Trinajstić information content (AvgIpc) is 2.67. The Kier molecular flexibility index (Phi) is 3.91. The molecule has 1 atom stereocenters. The van der Waals surface area contributed by atoms with E-state index in [-0.39, 0.29) is 24.8 Å². The van der Waals surface area contributed by atoms with Gasteiger partial charge in [-0.2, -0.15) is 0 Å². The highest BCUT2D eigenvalue weighted by Crippen LogP contribution is 2.12. The van der Waals surface area contributed by atoms with Crippen molar-refractivity contribution in [2.24, 2.45) is 0 Å². The fraction of sp³-hybridized carbons (Fsp3) is 0.400. The molecule has 0 aromatic carbocycles. The molecular formula is C10H13NO4. The first-order chi connectivity index (χ1) is 7.09. The Bertz CT molecular complexity index is 331. The molecule has 0 bridgehead atoms. The Morgan fingerprint density at radius 2 is 2.27 bits per heavy atom. The maximum Gasteiger partial charge on any atom is 0.303 e. The van der Waals surface area contributed by atoms with Crippen molar-refractivity contribution in [2.75, 3.05) is 0 Å². The number of aliphatic carboxylic acids is 1. The van der Waals surface area contributed by atoms with Gasteiger partial charge in [-0.1, -0.05) is 0 Å². The van der Waals surface area contributed by atoms with E-state index in [1.807, 2.05) is 0 Å². The van der Waals surface area contributed by atoms with Crippen LogP contribution in [0.15, 0.2) is 22.8 Å². The number of furan rings is 1. The Hall–Kier alpha value is -1.78. The number of carboxylic acids is 1. The highest BCUT2D eigenvalue weighted by molar-refractivity contribution is 5.80. The van der Waals surface area contributed by atoms with Crippen LogP contribution in [0.1, 0.15) is 31.6 Å². The van der Waals surface area contributed by atoms with Crippen molar-refractivity contribution < 1.29 is 19.1 Å². The van der Waals surface area contributed by atoms with Gasteiger partial charge in [0, 0.05) is 6.42 Å². The molecule has 1 heterocycles. The second-order valence-corrected chi connectivity index (χ2v) is 3.20. The van der Waals surface area contributed by atoms with Gasteiger partial charge in [0.25, 0.3) is 0 Å². The van der Waals surface area contributed by atoms with E-state index in [9.17, 15) is 9.59 Å². The van der Waals surface area contributed by atoms with Gasteiger partial charge in [-0.15, -0.1) is 0 Å². The van der Waals surface area contributed by atoms with Crippen molar-refractivity contribution in [2.45, 2.75) is 25.8 Å². The van der Waals surface area contributed by atoms with Gasteiger partial charge in [-0.25, -0.2) is 0 Å². The second kappa shape index (κ2) is 5.19. The van der Waals surface area contributed by atoms with E-state index in [2.05, 4.69) is 5.32 Å². The van der Waals surface area contributed by atoms with Crippen LogP contribution in [0.3, 0.4) is 0 Å². The third-order valence-corrected chi connectivity index (χ3v) is 1.91. The molecule has 0 saturated carbocycles. The SMILES string of the molecule is C[C@H](NC(=O)CCC(=O)O)c1ccco1. The van der Waals surface area contributed by atoms with E-state index in [1.54, 1.807) is 19.1 Å². The van der Waals surface area contributed by atoms with Crippen LogP contribution in [0.4, 0.5) is 0 Å². The zero-order chi connectivity index (χ0) is 11.3. The van der Waals surface area contributed by atoms with Crippen LogP contribution >= 0.6 is 0 Å². The molecule has 0 radical (unpaired) electrons. The van der Waals surface area contributed by atoms with Gasteiger partial charge < -0.3 is 14.8 Å². The summed E-state index contributed by atoms with van der Waals surface area (Å²) in [4.78, 5) is 21.5. The standard InChI is InChI=1S/C10H13NO4/c1-7(8-3-2-6-15-8)11-9(12)4-5-10(13)14/h2-3,6-7H,4-5H2,1H3,(H,11,12)(H,13,14)/t7-/m0/s1. The summed E-state index contributed by atoms with van der Waals surface area (Å²) in [6, 6.07) is 3.25. The zero-order valence-electron chi connectivity index (χ0n) is 8.40. The van der Waals surface area contributed by atoms with Gasteiger partial charge >= 0.3 is 5.97 Å². The van der Waals surface area contributed by atoms with Crippen molar-refractivity contribution in [1.82, 2.24) is 5.32 Å². The van der Waals surface area contributed by atoms with Gasteiger partial charge in [0.15, 0.2) is 0 Å². The molecule has 2 N–H and O–H groups in total. The molecule has 1 amide bonds. The van der Waals surface area contributed by atoms with Crippen LogP contribution in [0.2, 0.25) is 0 Å². The summed E-state index contributed by atoms with van der Waals surface area (Å²) in [7, 11) is 0. The van der Waals surface area contributed by atoms with Gasteiger partial charge in [-0.3, -0.25) is 9.59 Å². The predicted molar refractivity (Wildman–Crippen MR) is 52.1 cm³/mol. The minimum atomic E-state index is -0.976. The molecule has 0 saturated heterocycles. The van der Waals surface area contributed by atoms with Crippen LogP contribution in [0.25, 0.3) is 0 Å². The summed E-state index contributed by atoms with van der Waals surface area (Å²) in [5.41, 5.74) is 0. The summed E-state index contributed by atoms with van der Waals surface area (Å²) < 4.78 is 5.09. The van der Waals surface area contributed by atoms with E-state index < -0.39 is 5.97 Å². The Balaban J connectivity index is 2.35. The first-order valence-electron chi connectivity index (χ1n) is 4.64. The molecule has 0 unspecified atom stereocenters. The normalized spacial score (nSPS) is 12.1. The van der Waals surface area contributed by atoms with E-state index in [4.69, 9.17) is 9.52 Å². The minimum absolute atomic E-state index is 0.0135. The fourth-order valence-corrected chi connectivity index (χ4v) is 1.14. The van der Waals surface area contributed by atoms with Gasteiger partial charge in [0.05, 0.1) is 18.7 Å². The maximum absolute atomic E-state index is 11.2. The topological polar surface area (TPSA) is 79.5 Å². The number of rotatable bonds is 5. The molecule has 1 aromatic rings. The third kappa shape index (κ3) is 3.84. The number of hydrogen-bond donors (Lipinski definition) is 2. The average molecular weight is 211 g/mol. The number of carbonyl (C=O) groups is 2.